The summed E-state index contributed by atoms with van der Waals surface area (Å²) in [5.74, 6) is 0.498. The van der Waals surface area contributed by atoms with Crippen molar-refractivity contribution in [3.8, 4) is 0 Å². The molecule has 2 aromatic carbocycles. The van der Waals surface area contributed by atoms with Crippen LogP contribution in [0.3, 0.4) is 0 Å². The van der Waals surface area contributed by atoms with Crippen molar-refractivity contribution in [1.82, 2.24) is 0 Å². The maximum atomic E-state index is 13.3. The van der Waals surface area contributed by atoms with E-state index in [2.05, 4.69) is 59.0 Å². The number of aryl methyl sites for hydroxylation is 1. The van der Waals surface area contributed by atoms with Gasteiger partial charge in [-0.15, -0.1) is 0 Å². The second-order valence-electron chi connectivity index (χ2n) is 8.44. The summed E-state index contributed by atoms with van der Waals surface area (Å²) in [7, 11) is -4.28. The highest BCUT2D eigenvalue weighted by Gasteiger charge is 2.23. The quantitative estimate of drug-likeness (QED) is 0.576. The number of anilines is 1. The Morgan fingerprint density at radius 2 is 1.41 bits per heavy atom. The Labute approximate surface area is 174 Å². The molecule has 5 nitrogen and oxygen atoms in total. The lowest BCUT2D eigenvalue weighted by molar-refractivity contribution is 0.102. The molecule has 158 valence electrons. The van der Waals surface area contributed by atoms with Gasteiger partial charge in [0.15, 0.2) is 0 Å². The van der Waals surface area contributed by atoms with Gasteiger partial charge < -0.3 is 5.32 Å². The Hall–Kier alpha value is -2.18. The van der Waals surface area contributed by atoms with Crippen LogP contribution >= 0.6 is 0 Å². The number of amides is 1. The molecular formula is C23H31NO4S. The zero-order chi connectivity index (χ0) is 22.1. The van der Waals surface area contributed by atoms with Crippen LogP contribution < -0.4 is 5.32 Å². The van der Waals surface area contributed by atoms with Gasteiger partial charge in [-0.05, 0) is 65.1 Å². The molecule has 0 atom stereocenters. The number of rotatable bonds is 6. The maximum Gasteiger partial charge on any atom is 0.294 e. The van der Waals surface area contributed by atoms with Crippen molar-refractivity contribution < 1.29 is 17.8 Å². The predicted molar refractivity (Wildman–Crippen MR) is 118 cm³/mol. The first-order chi connectivity index (χ1) is 13.3. The molecule has 1 amide bonds. The minimum Gasteiger partial charge on any atom is -0.322 e. The normalized spacial score (nSPS) is 12.1. The molecule has 0 radical (unpaired) electrons. The topological polar surface area (TPSA) is 83.5 Å². The second-order valence-corrected chi connectivity index (χ2v) is 9.87. The molecule has 0 heterocycles. The summed E-state index contributed by atoms with van der Waals surface area (Å²) < 4.78 is 31.9. The zero-order valence-electron chi connectivity index (χ0n) is 18.2. The van der Waals surface area contributed by atoms with Crippen molar-refractivity contribution in [1.29, 1.82) is 0 Å². The third-order valence-electron chi connectivity index (χ3n) is 5.10. The number of hydrogen-bond donors (Lipinski definition) is 2. The van der Waals surface area contributed by atoms with Crippen LogP contribution in [0, 0.1) is 6.92 Å². The van der Waals surface area contributed by atoms with Crippen LogP contribution in [0.15, 0.2) is 35.2 Å². The van der Waals surface area contributed by atoms with E-state index in [1.54, 1.807) is 6.92 Å². The van der Waals surface area contributed by atoms with Crippen LogP contribution in [0.25, 0.3) is 0 Å². The molecule has 0 aliphatic rings. The van der Waals surface area contributed by atoms with E-state index >= 15 is 0 Å². The van der Waals surface area contributed by atoms with Gasteiger partial charge in [0.1, 0.15) is 0 Å². The minimum absolute atomic E-state index is 0.176. The molecule has 0 spiro atoms. The molecule has 2 N–H and O–H groups in total. The van der Waals surface area contributed by atoms with Crippen LogP contribution in [0.2, 0.25) is 0 Å². The third-order valence-corrected chi connectivity index (χ3v) is 5.95. The lowest BCUT2D eigenvalue weighted by Crippen LogP contribution is -2.19. The lowest BCUT2D eigenvalue weighted by atomic mass is 9.84. The summed E-state index contributed by atoms with van der Waals surface area (Å²) in [6.45, 7) is 14.3. The van der Waals surface area contributed by atoms with E-state index in [1.165, 1.54) is 23.8 Å². The van der Waals surface area contributed by atoms with Crippen molar-refractivity contribution in [2.24, 2.45) is 0 Å². The van der Waals surface area contributed by atoms with Gasteiger partial charge in [0.25, 0.3) is 16.0 Å². The van der Waals surface area contributed by atoms with Crippen LogP contribution in [0.5, 0.6) is 0 Å². The standard InChI is InChI=1S/C23H31NO4S/c1-13(2)17-11-19(14(3)4)22(20(12-17)15(5)6)23(25)24-21-9-8-18(10-16(21)7)29(26,27)28/h8-15H,1-7H3,(H,24,25)(H,26,27,28). The molecule has 0 aliphatic carbocycles. The largest absolute Gasteiger partial charge is 0.322 e. The van der Waals surface area contributed by atoms with E-state index in [0.29, 0.717) is 22.7 Å². The Kier molecular flexibility index (Phi) is 6.91. The molecule has 0 aromatic heterocycles. The minimum atomic E-state index is -4.28. The lowest BCUT2D eigenvalue weighted by Gasteiger charge is -2.22. The van der Waals surface area contributed by atoms with Crippen LogP contribution in [-0.4, -0.2) is 18.9 Å². The fourth-order valence-corrected chi connectivity index (χ4v) is 3.91. The molecule has 0 saturated heterocycles. The molecule has 0 bridgehead atoms. The molecule has 0 unspecified atom stereocenters. The highest BCUT2D eigenvalue weighted by atomic mass is 32.2. The van der Waals surface area contributed by atoms with E-state index in [1.807, 2.05) is 0 Å². The van der Waals surface area contributed by atoms with Crippen molar-refractivity contribution in [2.45, 2.75) is 71.1 Å². The van der Waals surface area contributed by atoms with Crippen molar-refractivity contribution >= 4 is 21.7 Å². The first-order valence-electron chi connectivity index (χ1n) is 9.90. The zero-order valence-corrected chi connectivity index (χ0v) is 19.0. The number of hydrogen-bond acceptors (Lipinski definition) is 3. The molecular weight excluding hydrogens is 386 g/mol. The summed E-state index contributed by atoms with van der Waals surface area (Å²) in [6, 6.07) is 8.36. The van der Waals surface area contributed by atoms with Gasteiger partial charge in [-0.1, -0.05) is 53.7 Å². The number of nitrogens with one attached hydrogen (secondary N) is 1. The smallest absolute Gasteiger partial charge is 0.294 e. The molecule has 2 rings (SSSR count). The van der Waals surface area contributed by atoms with Gasteiger partial charge in [0.05, 0.1) is 4.90 Å². The van der Waals surface area contributed by atoms with Crippen molar-refractivity contribution in [2.75, 3.05) is 5.32 Å². The predicted octanol–water partition coefficient (Wildman–Crippen LogP) is 5.86. The average Bonchev–Trinajstić information content (AvgIpc) is 2.60. The first kappa shape index (κ1) is 23.1. The highest BCUT2D eigenvalue weighted by Crippen LogP contribution is 2.33. The molecule has 2 aromatic rings. The van der Waals surface area contributed by atoms with Crippen LogP contribution in [-0.2, 0) is 10.1 Å². The molecule has 6 heteroatoms. The van der Waals surface area contributed by atoms with Gasteiger partial charge in [-0.3, -0.25) is 9.35 Å². The Bertz CT molecular complexity index is 992. The Morgan fingerprint density at radius 1 is 0.897 bits per heavy atom. The van der Waals surface area contributed by atoms with Crippen molar-refractivity contribution in [3.05, 3.63) is 58.1 Å². The second kappa shape index (κ2) is 8.67. The third kappa shape index (κ3) is 5.25. The van der Waals surface area contributed by atoms with Gasteiger partial charge in [-0.25, -0.2) is 0 Å². The number of carbonyl (C=O) groups is 1. The van der Waals surface area contributed by atoms with Gasteiger partial charge in [-0.2, -0.15) is 8.42 Å². The molecule has 29 heavy (non-hydrogen) atoms. The summed E-state index contributed by atoms with van der Waals surface area (Å²) in [5.41, 5.74) is 4.97. The SMILES string of the molecule is Cc1cc(S(=O)(=O)O)ccc1NC(=O)c1c(C(C)C)cc(C(C)C)cc1C(C)C. The Morgan fingerprint density at radius 3 is 1.79 bits per heavy atom. The first-order valence-corrected chi connectivity index (χ1v) is 11.3. The van der Waals surface area contributed by atoms with E-state index in [-0.39, 0.29) is 22.6 Å². The van der Waals surface area contributed by atoms with Crippen LogP contribution in [0.1, 0.15) is 91.9 Å². The summed E-state index contributed by atoms with van der Waals surface area (Å²) in [4.78, 5) is 13.1. The van der Waals surface area contributed by atoms with Crippen molar-refractivity contribution in [3.63, 3.8) is 0 Å². The summed E-state index contributed by atoms with van der Waals surface area (Å²) in [5, 5.41) is 2.93. The van der Waals surface area contributed by atoms with E-state index in [4.69, 9.17) is 0 Å². The summed E-state index contributed by atoms with van der Waals surface area (Å²) in [6.07, 6.45) is 0. The maximum absolute atomic E-state index is 13.3. The fraction of sp³-hybridized carbons (Fsp3) is 0.435. The number of benzene rings is 2. The van der Waals surface area contributed by atoms with Gasteiger partial charge in [0, 0.05) is 11.3 Å². The van der Waals surface area contributed by atoms with Crippen LogP contribution in [0.4, 0.5) is 5.69 Å². The molecule has 0 aliphatic heterocycles. The van der Waals surface area contributed by atoms with E-state index in [9.17, 15) is 17.8 Å². The van der Waals surface area contributed by atoms with E-state index < -0.39 is 10.1 Å². The fourth-order valence-electron chi connectivity index (χ4n) is 3.34. The Balaban J connectivity index is 2.55. The molecule has 0 fully saturated rings. The van der Waals surface area contributed by atoms with Gasteiger partial charge in [0.2, 0.25) is 0 Å². The van der Waals surface area contributed by atoms with Gasteiger partial charge >= 0.3 is 0 Å². The monoisotopic (exact) mass is 417 g/mol. The molecule has 0 saturated carbocycles. The number of carbonyl (C=O) groups excluding carboxylic acids is 1. The highest BCUT2D eigenvalue weighted by molar-refractivity contribution is 7.85. The van der Waals surface area contributed by atoms with E-state index in [0.717, 1.165) is 11.1 Å². The average molecular weight is 418 g/mol. The summed E-state index contributed by atoms with van der Waals surface area (Å²) >= 11 is 0.